The number of carbonyl (C=O) groups excluding carboxylic acids is 3. The van der Waals surface area contributed by atoms with Gasteiger partial charge in [-0.05, 0) is 158 Å². The largest absolute Gasteiger partial charge is 0.456 e. The van der Waals surface area contributed by atoms with Crippen molar-refractivity contribution in [2.45, 2.75) is 129 Å². The van der Waals surface area contributed by atoms with Crippen LogP contribution in [0.2, 0.25) is 0 Å². The Morgan fingerprint density at radius 1 is 0.644 bits per heavy atom. The van der Waals surface area contributed by atoms with E-state index < -0.39 is 22.9 Å². The Morgan fingerprint density at radius 3 is 1.63 bits per heavy atom. The molecule has 1 N–H and O–H groups in total. The third kappa shape index (κ3) is 10.5. The van der Waals surface area contributed by atoms with Crippen molar-refractivity contribution in [3.05, 3.63) is 130 Å². The molecule has 10 nitrogen and oxygen atoms in total. The Kier molecular flexibility index (Phi) is 11.3. The van der Waals surface area contributed by atoms with Crippen molar-refractivity contribution in [2.24, 2.45) is 0 Å². The molecule has 308 valence electrons. The summed E-state index contributed by atoms with van der Waals surface area (Å²) in [4.78, 5) is 51.1. The molecule has 2 aliphatic rings. The van der Waals surface area contributed by atoms with Crippen molar-refractivity contribution in [1.82, 2.24) is 19.5 Å². The Morgan fingerprint density at radius 2 is 1.14 bits per heavy atom. The van der Waals surface area contributed by atoms with Crippen LogP contribution in [-0.2, 0) is 27.1 Å². The molecule has 0 radical (unpaired) electrons. The predicted octanol–water partition coefficient (Wildman–Crippen LogP) is 11.2. The van der Waals surface area contributed by atoms with Crippen molar-refractivity contribution >= 4 is 39.8 Å². The molecule has 2 aliphatic carbocycles. The van der Waals surface area contributed by atoms with Gasteiger partial charge in [0.2, 0.25) is 0 Å². The van der Waals surface area contributed by atoms with Gasteiger partial charge in [0.25, 0.3) is 0 Å². The first-order chi connectivity index (χ1) is 27.8. The van der Waals surface area contributed by atoms with Gasteiger partial charge in [-0.3, -0.25) is 14.5 Å². The van der Waals surface area contributed by atoms with E-state index in [0.29, 0.717) is 41.5 Å². The lowest BCUT2D eigenvalue weighted by atomic mass is 10.00. The van der Waals surface area contributed by atoms with Crippen LogP contribution in [0.1, 0.15) is 154 Å². The normalized spacial score (nSPS) is 14.5. The standard InChI is InChI=1S/C27H32N2O4.C22H24N2O2/c1-26(2,3)32-24(30)21-14-19(17-10-11-17)16-28-22(21)15-18-8-7-9-23-20(18)12-13-29(23)25(31)33-27(4,5)6;1-22(2,3)26-21(25)18-11-16(14-7-8-14)13-24-20(18)12-15-5-4-6-19-17(15)9-10-23-19/h7-9,12-14,16-17H,10-11,15H2,1-6H3;4-6,9-11,13-14,23H,7-8,12H2,1-3H3. The second-order valence-electron chi connectivity index (χ2n) is 18.8. The number of nitrogens with zero attached hydrogens (tertiary/aromatic N) is 3. The summed E-state index contributed by atoms with van der Waals surface area (Å²) in [5.74, 6) is 0.389. The molecule has 8 rings (SSSR count). The highest BCUT2D eigenvalue weighted by molar-refractivity contribution is 5.94. The van der Waals surface area contributed by atoms with Gasteiger partial charge in [0.05, 0.1) is 28.0 Å². The zero-order valence-electron chi connectivity index (χ0n) is 35.8. The van der Waals surface area contributed by atoms with Gasteiger partial charge in [0.1, 0.15) is 16.8 Å². The number of esters is 2. The van der Waals surface area contributed by atoms with E-state index in [4.69, 9.17) is 14.2 Å². The third-order valence-corrected chi connectivity index (χ3v) is 10.1. The summed E-state index contributed by atoms with van der Waals surface area (Å²) in [7, 11) is 0. The number of aromatic amines is 1. The SMILES string of the molecule is CC(C)(C)OC(=O)c1cc(C2CC2)cnc1Cc1cccc2[nH]ccc12.CC(C)(C)OC(=O)c1cc(C2CC2)cnc1Cc1cccc2c1ccn2C(=O)OC(C)(C)C. The first-order valence-electron chi connectivity index (χ1n) is 20.6. The van der Waals surface area contributed by atoms with Crippen LogP contribution in [0.15, 0.2) is 85.5 Å². The molecule has 0 saturated heterocycles. The van der Waals surface area contributed by atoms with E-state index in [2.05, 4.69) is 33.2 Å². The van der Waals surface area contributed by atoms with E-state index in [1.807, 2.05) is 123 Å². The van der Waals surface area contributed by atoms with Crippen LogP contribution >= 0.6 is 0 Å². The first-order valence-corrected chi connectivity index (χ1v) is 20.6. The number of fused-ring (bicyclic) bond motifs is 2. The monoisotopic (exact) mass is 796 g/mol. The van der Waals surface area contributed by atoms with Crippen LogP contribution in [0, 0.1) is 0 Å². The van der Waals surface area contributed by atoms with Crippen LogP contribution in [0.25, 0.3) is 21.8 Å². The maximum absolute atomic E-state index is 13.0. The molecule has 10 heteroatoms. The number of nitrogens with one attached hydrogen (secondary N) is 1. The van der Waals surface area contributed by atoms with Crippen LogP contribution in [-0.4, -0.2) is 54.4 Å². The average molecular weight is 797 g/mol. The van der Waals surface area contributed by atoms with Gasteiger partial charge in [-0.2, -0.15) is 0 Å². The number of ether oxygens (including phenoxy) is 3. The fourth-order valence-corrected chi connectivity index (χ4v) is 7.12. The second-order valence-corrected chi connectivity index (χ2v) is 18.8. The maximum Gasteiger partial charge on any atom is 0.418 e. The molecule has 6 aromatic rings. The number of carbonyl (C=O) groups is 3. The third-order valence-electron chi connectivity index (χ3n) is 10.1. The van der Waals surface area contributed by atoms with Crippen LogP contribution in [0.3, 0.4) is 0 Å². The summed E-state index contributed by atoms with van der Waals surface area (Å²) in [5, 5.41) is 2.09. The molecular weight excluding hydrogens is 741 g/mol. The molecule has 2 fully saturated rings. The zero-order valence-corrected chi connectivity index (χ0v) is 35.8. The minimum Gasteiger partial charge on any atom is -0.456 e. The van der Waals surface area contributed by atoms with Crippen LogP contribution in [0.4, 0.5) is 4.79 Å². The molecule has 0 atom stereocenters. The van der Waals surface area contributed by atoms with Gasteiger partial charge < -0.3 is 19.2 Å². The molecule has 2 saturated carbocycles. The van der Waals surface area contributed by atoms with Crippen molar-refractivity contribution in [2.75, 3.05) is 0 Å². The molecule has 2 aromatic carbocycles. The lowest BCUT2D eigenvalue weighted by Crippen LogP contribution is -2.26. The van der Waals surface area contributed by atoms with E-state index in [9.17, 15) is 14.4 Å². The van der Waals surface area contributed by atoms with Crippen LogP contribution in [0.5, 0.6) is 0 Å². The number of hydrogen-bond acceptors (Lipinski definition) is 8. The van der Waals surface area contributed by atoms with E-state index in [1.54, 1.807) is 6.20 Å². The minimum absolute atomic E-state index is 0.288. The van der Waals surface area contributed by atoms with E-state index in [-0.39, 0.29) is 11.9 Å². The number of aromatic nitrogens is 4. The van der Waals surface area contributed by atoms with E-state index >= 15 is 0 Å². The molecule has 4 aromatic heterocycles. The topological polar surface area (TPSA) is 125 Å². The summed E-state index contributed by atoms with van der Waals surface area (Å²) >= 11 is 0. The quantitative estimate of drug-likeness (QED) is 0.119. The number of rotatable bonds is 8. The molecule has 0 unspecified atom stereocenters. The molecule has 0 amide bonds. The highest BCUT2D eigenvalue weighted by Crippen LogP contribution is 2.41. The predicted molar refractivity (Wildman–Crippen MR) is 230 cm³/mol. The average Bonchev–Trinajstić information content (AvgIpc) is 4.08. The molecule has 0 aliphatic heterocycles. The summed E-state index contributed by atoms with van der Waals surface area (Å²) in [6.07, 6.45) is 12.7. The van der Waals surface area contributed by atoms with Gasteiger partial charge in [-0.1, -0.05) is 24.3 Å². The molecule has 0 spiro atoms. The van der Waals surface area contributed by atoms with E-state index in [0.717, 1.165) is 62.6 Å². The highest BCUT2D eigenvalue weighted by atomic mass is 16.6. The summed E-state index contributed by atoms with van der Waals surface area (Å²) < 4.78 is 18.4. The fourth-order valence-electron chi connectivity index (χ4n) is 7.12. The van der Waals surface area contributed by atoms with Crippen molar-refractivity contribution < 1.29 is 28.6 Å². The Balaban J connectivity index is 0.000000184. The van der Waals surface area contributed by atoms with Gasteiger partial charge in [0.15, 0.2) is 0 Å². The Labute approximate surface area is 346 Å². The highest BCUT2D eigenvalue weighted by Gasteiger charge is 2.30. The summed E-state index contributed by atoms with van der Waals surface area (Å²) in [5.41, 5.74) is 7.08. The van der Waals surface area contributed by atoms with Gasteiger partial charge in [-0.25, -0.2) is 14.4 Å². The summed E-state index contributed by atoms with van der Waals surface area (Å²) in [6, 6.07) is 19.9. The lowest BCUT2D eigenvalue weighted by molar-refractivity contribution is 0.00551. The molecule has 59 heavy (non-hydrogen) atoms. The van der Waals surface area contributed by atoms with E-state index in [1.165, 1.54) is 17.4 Å². The van der Waals surface area contributed by atoms with Crippen molar-refractivity contribution in [1.29, 1.82) is 0 Å². The molecule has 4 heterocycles. The first kappa shape index (κ1) is 41.4. The smallest absolute Gasteiger partial charge is 0.418 e. The Bertz CT molecular complexity index is 2520. The lowest BCUT2D eigenvalue weighted by Gasteiger charge is -2.21. The number of hydrogen-bond donors (Lipinski definition) is 1. The molecular formula is C49H56N4O6. The Hall–Kier alpha value is -5.77. The number of H-pyrrole nitrogens is 1. The second kappa shape index (κ2) is 16.1. The molecule has 0 bridgehead atoms. The minimum atomic E-state index is -0.589. The van der Waals surface area contributed by atoms with Crippen LogP contribution < -0.4 is 0 Å². The maximum atomic E-state index is 13.0. The zero-order chi connectivity index (χ0) is 42.3. The summed E-state index contributed by atoms with van der Waals surface area (Å²) in [6.45, 7) is 16.8. The van der Waals surface area contributed by atoms with Crippen molar-refractivity contribution in [3.63, 3.8) is 0 Å². The number of benzene rings is 2. The van der Waals surface area contributed by atoms with Crippen molar-refractivity contribution in [3.8, 4) is 0 Å². The van der Waals surface area contributed by atoms with Gasteiger partial charge >= 0.3 is 18.0 Å². The van der Waals surface area contributed by atoms with Gasteiger partial charge in [-0.15, -0.1) is 0 Å². The van der Waals surface area contributed by atoms with Gasteiger partial charge in [0, 0.05) is 53.9 Å². The number of pyridine rings is 2. The fraction of sp³-hybridized carbons (Fsp3) is 0.408.